The summed E-state index contributed by atoms with van der Waals surface area (Å²) in [6.45, 7) is 9.46. The van der Waals surface area contributed by atoms with E-state index < -0.39 is 23.5 Å². The van der Waals surface area contributed by atoms with Gasteiger partial charge in [-0.2, -0.15) is 18.3 Å². The maximum atomic E-state index is 13.7. The van der Waals surface area contributed by atoms with Crippen molar-refractivity contribution >= 4 is 11.7 Å². The largest absolute Gasteiger partial charge is 0.416 e. The molecule has 0 saturated carbocycles. The highest BCUT2D eigenvalue weighted by Crippen LogP contribution is 2.32. The van der Waals surface area contributed by atoms with E-state index >= 15 is 0 Å². The van der Waals surface area contributed by atoms with E-state index in [1.807, 2.05) is 0 Å². The number of aromatic nitrogens is 4. The zero-order valence-electron chi connectivity index (χ0n) is 20.1. The lowest BCUT2D eigenvalue weighted by Gasteiger charge is -2.14. The van der Waals surface area contributed by atoms with E-state index in [1.165, 1.54) is 23.0 Å². The van der Waals surface area contributed by atoms with Gasteiger partial charge in [0.2, 0.25) is 0 Å². The molecule has 5 rings (SSSR count). The Morgan fingerprint density at radius 2 is 1.92 bits per heavy atom. The quantitative estimate of drug-likeness (QED) is 0.393. The van der Waals surface area contributed by atoms with Crippen molar-refractivity contribution in [2.75, 3.05) is 13.2 Å². The number of alkyl halides is 3. The molecule has 2 aromatic carbocycles. The summed E-state index contributed by atoms with van der Waals surface area (Å²) in [7, 11) is 0. The lowest BCUT2D eigenvalue weighted by atomic mass is 10.2. The first-order valence-corrected chi connectivity index (χ1v) is 11.6. The number of hydrogen-bond donors (Lipinski definition) is 1. The normalized spacial score (nSPS) is 15.4. The third-order valence-corrected chi connectivity index (χ3v) is 6.29. The van der Waals surface area contributed by atoms with Gasteiger partial charge in [-0.25, -0.2) is 23.7 Å². The Labute approximate surface area is 214 Å². The van der Waals surface area contributed by atoms with Gasteiger partial charge in [0.15, 0.2) is 5.69 Å². The maximum absolute atomic E-state index is 13.7. The van der Waals surface area contributed by atoms with E-state index in [2.05, 4.69) is 15.3 Å². The van der Waals surface area contributed by atoms with Gasteiger partial charge in [0.25, 0.3) is 0 Å². The van der Waals surface area contributed by atoms with Gasteiger partial charge in [-0.1, -0.05) is 18.2 Å². The first kappa shape index (κ1) is 25.0. The Morgan fingerprint density at radius 1 is 1.16 bits per heavy atom. The molecule has 0 aliphatic carbocycles. The van der Waals surface area contributed by atoms with Crippen LogP contribution in [0.2, 0.25) is 0 Å². The predicted octanol–water partition coefficient (Wildman–Crippen LogP) is 4.72. The summed E-state index contributed by atoms with van der Waals surface area (Å²) in [6.07, 6.45) is -2.57. The summed E-state index contributed by atoms with van der Waals surface area (Å²) < 4.78 is 49.1. The molecule has 194 valence electrons. The molecule has 1 aliphatic rings. The zero-order valence-corrected chi connectivity index (χ0v) is 20.1. The van der Waals surface area contributed by atoms with Crippen LogP contribution in [0.4, 0.5) is 23.7 Å². The molecule has 1 amide bonds. The summed E-state index contributed by atoms with van der Waals surface area (Å²) in [5.74, 6) is 0. The maximum Gasteiger partial charge on any atom is 0.416 e. The van der Waals surface area contributed by atoms with E-state index in [-0.39, 0.29) is 29.7 Å². The van der Waals surface area contributed by atoms with E-state index in [1.54, 1.807) is 37.3 Å². The lowest BCUT2D eigenvalue weighted by Crippen LogP contribution is -2.42. The van der Waals surface area contributed by atoms with Gasteiger partial charge in [-0.15, -0.1) is 0 Å². The van der Waals surface area contributed by atoms with Crippen molar-refractivity contribution in [2.24, 2.45) is 0 Å². The third kappa shape index (κ3) is 4.48. The van der Waals surface area contributed by atoms with Crippen molar-refractivity contribution in [3.05, 3.63) is 94.0 Å². The molecule has 2 aromatic heterocycles. The number of imidazole rings is 1. The van der Waals surface area contributed by atoms with Crippen molar-refractivity contribution in [3.63, 3.8) is 0 Å². The molecule has 1 saturated heterocycles. The van der Waals surface area contributed by atoms with Crippen molar-refractivity contribution in [2.45, 2.75) is 25.6 Å². The van der Waals surface area contributed by atoms with Crippen LogP contribution in [0, 0.1) is 13.5 Å². The Bertz CT molecular complexity index is 1600. The highest BCUT2D eigenvalue weighted by atomic mass is 19.4. The summed E-state index contributed by atoms with van der Waals surface area (Å²) in [5, 5.41) is 7.12. The molecule has 0 radical (unpaired) electrons. The van der Waals surface area contributed by atoms with Crippen LogP contribution >= 0.6 is 0 Å². The Morgan fingerprint density at radius 3 is 2.58 bits per heavy atom. The van der Waals surface area contributed by atoms with Crippen LogP contribution in [0.1, 0.15) is 17.7 Å². The summed E-state index contributed by atoms with van der Waals surface area (Å²) in [5.41, 5.74) is -0.0400. The molecule has 1 fully saturated rings. The second-order valence-electron chi connectivity index (χ2n) is 8.70. The Kier molecular flexibility index (Phi) is 6.38. The van der Waals surface area contributed by atoms with Crippen LogP contribution in [0.25, 0.3) is 27.6 Å². The van der Waals surface area contributed by atoms with Crippen molar-refractivity contribution in [1.82, 2.24) is 24.2 Å². The van der Waals surface area contributed by atoms with E-state index in [4.69, 9.17) is 11.3 Å². The minimum atomic E-state index is -4.62. The molecular formula is C26H21F3N6O3. The first-order valence-electron chi connectivity index (χ1n) is 11.6. The van der Waals surface area contributed by atoms with Gasteiger partial charge in [0, 0.05) is 6.61 Å². The number of halogens is 3. The van der Waals surface area contributed by atoms with Gasteiger partial charge in [0.1, 0.15) is 5.69 Å². The Balaban J connectivity index is 1.71. The molecule has 4 aromatic rings. The molecule has 1 aliphatic heterocycles. The number of benzene rings is 2. The average Bonchev–Trinajstić information content (AvgIpc) is 3.63. The Hall–Kier alpha value is -4.63. The monoisotopic (exact) mass is 522 g/mol. The minimum Gasteiger partial charge on any atom is -0.379 e. The fourth-order valence-corrected chi connectivity index (χ4v) is 4.46. The van der Waals surface area contributed by atoms with Crippen LogP contribution < -0.4 is 11.0 Å². The topological polar surface area (TPSA) is 87.4 Å². The van der Waals surface area contributed by atoms with Crippen LogP contribution in [-0.4, -0.2) is 44.2 Å². The van der Waals surface area contributed by atoms with Crippen LogP contribution in [0.15, 0.2) is 65.6 Å². The third-order valence-electron chi connectivity index (χ3n) is 6.29. The lowest BCUT2D eigenvalue weighted by molar-refractivity contribution is -0.137. The molecule has 0 spiro atoms. The highest BCUT2D eigenvalue weighted by molar-refractivity contribution is 5.83. The number of carbonyl (C=O) groups excluding carboxylic acids is 1. The van der Waals surface area contributed by atoms with Crippen molar-refractivity contribution in [3.8, 4) is 22.8 Å². The number of hydrogen-bond acceptors (Lipinski definition) is 4. The highest BCUT2D eigenvalue weighted by Gasteiger charge is 2.32. The first-order chi connectivity index (χ1) is 18.2. The fraction of sp³-hybridized carbons (Fsp3) is 0.231. The van der Waals surface area contributed by atoms with Crippen LogP contribution in [0.3, 0.4) is 0 Å². The number of carbonyl (C=O) groups is 1. The predicted molar refractivity (Wildman–Crippen MR) is 132 cm³/mol. The summed E-state index contributed by atoms with van der Waals surface area (Å²) in [6, 6.07) is 11.5. The molecule has 0 unspecified atom stereocenters. The smallest absolute Gasteiger partial charge is 0.379 e. The van der Waals surface area contributed by atoms with E-state index in [9.17, 15) is 22.8 Å². The zero-order chi connectivity index (χ0) is 27.0. The fourth-order valence-electron chi connectivity index (χ4n) is 4.46. The van der Waals surface area contributed by atoms with Crippen LogP contribution in [-0.2, 0) is 10.9 Å². The molecule has 38 heavy (non-hydrogen) atoms. The molecule has 3 heterocycles. The number of rotatable bonds is 4. The van der Waals surface area contributed by atoms with E-state index in [0.717, 1.165) is 21.3 Å². The average molecular weight is 522 g/mol. The summed E-state index contributed by atoms with van der Waals surface area (Å²) in [4.78, 5) is 30.5. The second kappa shape index (κ2) is 9.68. The van der Waals surface area contributed by atoms with Gasteiger partial charge in [-0.3, -0.25) is 4.57 Å². The number of amides is 1. The standard InChI is InChI=1S/C26H21F3N6O3/c1-16-23(22-10-12-31-35(22)20-8-6-18(30-2)7-9-20)34(24(36)32-19-11-13-38-15-19)25(37)33(16)21-5-3-4-17(14-21)26(27,28)29/h3-10,12,14,19H,11,13,15H2,1H3,(H,32,36)/t19-/m1/s1. The second-order valence-corrected chi connectivity index (χ2v) is 8.70. The van der Waals surface area contributed by atoms with Gasteiger partial charge < -0.3 is 10.1 Å². The number of nitrogens with one attached hydrogen (secondary N) is 1. The van der Waals surface area contributed by atoms with Gasteiger partial charge in [0.05, 0.1) is 53.7 Å². The number of nitrogens with zero attached hydrogens (tertiary/aromatic N) is 5. The SMILES string of the molecule is [C-]#[N+]c1ccc(-n2nccc2-c2c(C)n(-c3cccc(C(F)(F)F)c3)c(=O)n2C(=O)N[C@@H]2CCOC2)cc1. The van der Waals surface area contributed by atoms with Gasteiger partial charge >= 0.3 is 17.9 Å². The molecule has 0 bridgehead atoms. The van der Waals surface area contributed by atoms with E-state index in [0.29, 0.717) is 30.1 Å². The molecular weight excluding hydrogens is 501 g/mol. The van der Waals surface area contributed by atoms with Crippen LogP contribution in [0.5, 0.6) is 0 Å². The molecule has 1 N–H and O–H groups in total. The molecule has 1 atom stereocenters. The molecule has 12 heteroatoms. The number of ether oxygens (including phenoxy) is 1. The van der Waals surface area contributed by atoms with Crippen molar-refractivity contribution < 1.29 is 22.7 Å². The van der Waals surface area contributed by atoms with Crippen molar-refractivity contribution in [1.29, 1.82) is 0 Å². The van der Waals surface area contributed by atoms with Gasteiger partial charge in [-0.05, 0) is 49.7 Å². The molecule has 9 nitrogen and oxygen atoms in total. The minimum absolute atomic E-state index is 0.0354. The summed E-state index contributed by atoms with van der Waals surface area (Å²) >= 11 is 0.